The number of pyridine rings is 1. The average molecular weight is 302 g/mol. The quantitative estimate of drug-likeness (QED) is 0.705. The van der Waals surface area contributed by atoms with Crippen LogP contribution < -0.4 is 0 Å². The van der Waals surface area contributed by atoms with Gasteiger partial charge in [-0.15, -0.1) is 0 Å². The van der Waals surface area contributed by atoms with Crippen LogP contribution in [-0.4, -0.2) is 9.61 Å². The minimum Gasteiger partial charge on any atom is -0.241 e. The van der Waals surface area contributed by atoms with E-state index in [1.807, 2.05) is 24.4 Å². The average Bonchev–Trinajstić information content (AvgIpc) is 2.82. The Morgan fingerprint density at radius 3 is 2.65 bits per heavy atom. The number of nitriles is 1. The first-order valence-corrected chi connectivity index (χ1v) is 6.74. The van der Waals surface area contributed by atoms with Crippen molar-refractivity contribution < 1.29 is 0 Å². The molecule has 0 aliphatic rings. The number of fused-ring (bicyclic) bond motifs is 1. The number of rotatable bonds is 2. The summed E-state index contributed by atoms with van der Waals surface area (Å²) in [6, 6.07) is 11.4. The molecule has 3 rings (SSSR count). The molecule has 0 aliphatic carbocycles. The van der Waals surface area contributed by atoms with Crippen LogP contribution in [0.15, 0.2) is 42.7 Å². The fraction of sp³-hybridized carbons (Fsp3) is 0.0667. The van der Waals surface area contributed by atoms with Crippen molar-refractivity contribution in [3.8, 4) is 17.2 Å². The van der Waals surface area contributed by atoms with E-state index in [4.69, 9.17) is 28.5 Å². The standard InChI is InChI=1S/C15H9Cl2N3/c16-12-2-1-3-13(17)15(12)10-5-7-20-14(8-10)11(4-6-18)9-19-20/h1-3,5,7-9H,4H2. The number of aromatic nitrogens is 2. The summed E-state index contributed by atoms with van der Waals surface area (Å²) in [7, 11) is 0. The third kappa shape index (κ3) is 2.14. The molecule has 5 heteroatoms. The molecular formula is C15H9Cl2N3. The van der Waals surface area contributed by atoms with Crippen molar-refractivity contribution in [2.24, 2.45) is 0 Å². The van der Waals surface area contributed by atoms with E-state index in [-0.39, 0.29) is 0 Å². The first-order chi connectivity index (χ1) is 9.70. The lowest BCUT2D eigenvalue weighted by molar-refractivity contribution is 0.962. The zero-order valence-corrected chi connectivity index (χ0v) is 11.9. The van der Waals surface area contributed by atoms with Gasteiger partial charge in [-0.3, -0.25) is 0 Å². The van der Waals surface area contributed by atoms with Crippen molar-refractivity contribution in [3.63, 3.8) is 0 Å². The Balaban J connectivity index is 2.22. The highest BCUT2D eigenvalue weighted by Gasteiger charge is 2.11. The van der Waals surface area contributed by atoms with Gasteiger partial charge in [0.25, 0.3) is 0 Å². The molecule has 0 radical (unpaired) electrons. The summed E-state index contributed by atoms with van der Waals surface area (Å²) in [6.07, 6.45) is 3.87. The van der Waals surface area contributed by atoms with Gasteiger partial charge < -0.3 is 0 Å². The van der Waals surface area contributed by atoms with Crippen molar-refractivity contribution >= 4 is 28.7 Å². The third-order valence-electron chi connectivity index (χ3n) is 3.12. The Morgan fingerprint density at radius 1 is 1.20 bits per heavy atom. The lowest BCUT2D eigenvalue weighted by Gasteiger charge is -2.07. The summed E-state index contributed by atoms with van der Waals surface area (Å²) in [5.41, 5.74) is 3.48. The zero-order chi connectivity index (χ0) is 14.1. The van der Waals surface area contributed by atoms with E-state index < -0.39 is 0 Å². The highest BCUT2D eigenvalue weighted by Crippen LogP contribution is 2.35. The van der Waals surface area contributed by atoms with Crippen LogP contribution >= 0.6 is 23.2 Å². The van der Waals surface area contributed by atoms with E-state index in [0.717, 1.165) is 22.2 Å². The largest absolute Gasteiger partial charge is 0.241 e. The second-order valence-corrected chi connectivity index (χ2v) is 5.16. The van der Waals surface area contributed by atoms with Gasteiger partial charge in [0.2, 0.25) is 0 Å². The predicted octanol–water partition coefficient (Wildman–Crippen LogP) is 4.37. The van der Waals surface area contributed by atoms with Crippen LogP contribution in [0.2, 0.25) is 10.0 Å². The van der Waals surface area contributed by atoms with Crippen molar-refractivity contribution in [1.29, 1.82) is 5.26 Å². The van der Waals surface area contributed by atoms with Crippen LogP contribution in [0, 0.1) is 11.3 Å². The fourth-order valence-corrected chi connectivity index (χ4v) is 2.80. The number of nitrogens with zero attached hydrogens (tertiary/aromatic N) is 3. The van der Waals surface area contributed by atoms with Gasteiger partial charge in [-0.2, -0.15) is 10.4 Å². The first-order valence-electron chi connectivity index (χ1n) is 5.98. The van der Waals surface area contributed by atoms with E-state index >= 15 is 0 Å². The highest BCUT2D eigenvalue weighted by molar-refractivity contribution is 6.39. The van der Waals surface area contributed by atoms with Crippen LogP contribution in [0.1, 0.15) is 5.56 Å². The highest BCUT2D eigenvalue weighted by atomic mass is 35.5. The predicted molar refractivity (Wildman–Crippen MR) is 80.0 cm³/mol. The van der Waals surface area contributed by atoms with Crippen molar-refractivity contribution in [2.75, 3.05) is 0 Å². The second-order valence-electron chi connectivity index (χ2n) is 4.35. The van der Waals surface area contributed by atoms with Gasteiger partial charge in [0, 0.05) is 27.4 Å². The Morgan fingerprint density at radius 2 is 1.95 bits per heavy atom. The molecular weight excluding hydrogens is 293 g/mol. The Kier molecular flexibility index (Phi) is 3.35. The molecule has 0 amide bonds. The first kappa shape index (κ1) is 13.0. The maximum atomic E-state index is 8.84. The molecule has 2 heterocycles. The molecule has 98 valence electrons. The lowest BCUT2D eigenvalue weighted by atomic mass is 10.1. The minimum atomic E-state index is 0.323. The number of benzene rings is 1. The molecule has 0 atom stereocenters. The molecule has 0 aliphatic heterocycles. The topological polar surface area (TPSA) is 41.1 Å². The maximum absolute atomic E-state index is 8.84. The van der Waals surface area contributed by atoms with Crippen LogP contribution in [0.4, 0.5) is 0 Å². The molecule has 0 spiro atoms. The Labute approximate surface area is 126 Å². The fourth-order valence-electron chi connectivity index (χ4n) is 2.18. The summed E-state index contributed by atoms with van der Waals surface area (Å²) >= 11 is 12.5. The van der Waals surface area contributed by atoms with Crippen LogP contribution in [0.3, 0.4) is 0 Å². The molecule has 0 bridgehead atoms. The van der Waals surface area contributed by atoms with E-state index in [9.17, 15) is 0 Å². The number of halogens is 2. The summed E-state index contributed by atoms with van der Waals surface area (Å²) in [4.78, 5) is 0. The van der Waals surface area contributed by atoms with Gasteiger partial charge in [-0.1, -0.05) is 29.3 Å². The van der Waals surface area contributed by atoms with Crippen molar-refractivity contribution in [1.82, 2.24) is 9.61 Å². The van der Waals surface area contributed by atoms with E-state index in [1.54, 1.807) is 22.8 Å². The smallest absolute Gasteiger partial charge is 0.0710 e. The summed E-state index contributed by atoms with van der Waals surface area (Å²) in [5.74, 6) is 0. The molecule has 0 saturated heterocycles. The lowest BCUT2D eigenvalue weighted by Crippen LogP contribution is -1.89. The van der Waals surface area contributed by atoms with Gasteiger partial charge in [-0.05, 0) is 29.8 Å². The molecule has 20 heavy (non-hydrogen) atoms. The Bertz CT molecular complexity index is 810. The second kappa shape index (κ2) is 5.16. The summed E-state index contributed by atoms with van der Waals surface area (Å²) in [5, 5.41) is 14.3. The molecule has 0 unspecified atom stereocenters. The monoisotopic (exact) mass is 301 g/mol. The summed E-state index contributed by atoms with van der Waals surface area (Å²) < 4.78 is 1.74. The SMILES string of the molecule is N#CCc1cnn2ccc(-c3c(Cl)cccc3Cl)cc12. The van der Waals surface area contributed by atoms with Gasteiger partial charge in [-0.25, -0.2) is 4.52 Å². The minimum absolute atomic E-state index is 0.323. The van der Waals surface area contributed by atoms with E-state index in [0.29, 0.717) is 16.5 Å². The van der Waals surface area contributed by atoms with Gasteiger partial charge in [0.15, 0.2) is 0 Å². The molecule has 3 aromatic rings. The molecule has 3 nitrogen and oxygen atoms in total. The molecule has 0 fully saturated rings. The van der Waals surface area contributed by atoms with Crippen molar-refractivity contribution in [3.05, 3.63) is 58.3 Å². The van der Waals surface area contributed by atoms with E-state index in [2.05, 4.69) is 11.2 Å². The van der Waals surface area contributed by atoms with Crippen molar-refractivity contribution in [2.45, 2.75) is 6.42 Å². The van der Waals surface area contributed by atoms with Crippen LogP contribution in [-0.2, 0) is 6.42 Å². The summed E-state index contributed by atoms with van der Waals surface area (Å²) in [6.45, 7) is 0. The van der Waals surface area contributed by atoms with Crippen LogP contribution in [0.25, 0.3) is 16.6 Å². The molecule has 2 aromatic heterocycles. The van der Waals surface area contributed by atoms with Gasteiger partial charge >= 0.3 is 0 Å². The molecule has 0 saturated carbocycles. The number of hydrogen-bond acceptors (Lipinski definition) is 2. The van der Waals surface area contributed by atoms with Gasteiger partial charge in [0.1, 0.15) is 0 Å². The van der Waals surface area contributed by atoms with Crippen LogP contribution in [0.5, 0.6) is 0 Å². The maximum Gasteiger partial charge on any atom is 0.0710 e. The normalized spacial score (nSPS) is 10.7. The number of hydrogen-bond donors (Lipinski definition) is 0. The molecule has 1 aromatic carbocycles. The third-order valence-corrected chi connectivity index (χ3v) is 3.75. The zero-order valence-electron chi connectivity index (χ0n) is 10.3. The Hall–Kier alpha value is -2.02. The van der Waals surface area contributed by atoms with Gasteiger partial charge in [0.05, 0.1) is 24.2 Å². The molecule has 0 N–H and O–H groups in total. The van der Waals surface area contributed by atoms with E-state index in [1.165, 1.54) is 0 Å².